The van der Waals surface area contributed by atoms with Crippen LogP contribution in [0.3, 0.4) is 0 Å². The van der Waals surface area contributed by atoms with Crippen LogP contribution in [-0.4, -0.2) is 60.5 Å². The number of carbonyl (C=O) groups is 2. The highest BCUT2D eigenvalue weighted by atomic mass is 16.6. The van der Waals surface area contributed by atoms with Gasteiger partial charge in [-0.25, -0.2) is 4.79 Å². The number of likely N-dealkylation sites (tertiary alicyclic amines) is 1. The maximum absolute atomic E-state index is 12.1. The highest BCUT2D eigenvalue weighted by Crippen LogP contribution is 2.18. The van der Waals surface area contributed by atoms with E-state index in [1.165, 1.54) is 0 Å². The summed E-state index contributed by atoms with van der Waals surface area (Å²) in [5.74, 6) is 0. The van der Waals surface area contributed by atoms with Gasteiger partial charge in [-0.15, -0.1) is 0 Å². The third-order valence-electron chi connectivity index (χ3n) is 3.03. The summed E-state index contributed by atoms with van der Waals surface area (Å²) in [6, 6.07) is 0.112. The minimum absolute atomic E-state index is 0.112. The van der Waals surface area contributed by atoms with Gasteiger partial charge in [0.2, 0.25) is 0 Å². The molecule has 1 fully saturated rings. The van der Waals surface area contributed by atoms with Crippen molar-refractivity contribution in [3.63, 3.8) is 0 Å². The van der Waals surface area contributed by atoms with Crippen LogP contribution < -0.4 is 0 Å². The molecule has 0 aromatic heterocycles. The molecule has 1 saturated heterocycles. The van der Waals surface area contributed by atoms with E-state index < -0.39 is 5.60 Å². The van der Waals surface area contributed by atoms with Gasteiger partial charge in [0.25, 0.3) is 0 Å². The van der Waals surface area contributed by atoms with Crippen molar-refractivity contribution < 1.29 is 14.3 Å². The first kappa shape index (κ1) is 15.0. The number of rotatable bonds is 3. The zero-order chi connectivity index (χ0) is 13.8. The lowest BCUT2D eigenvalue weighted by molar-refractivity contribution is -0.109. The molecule has 5 nitrogen and oxygen atoms in total. The van der Waals surface area contributed by atoms with Gasteiger partial charge in [-0.05, 0) is 53.8 Å². The molecule has 1 amide bonds. The maximum atomic E-state index is 12.1. The van der Waals surface area contributed by atoms with Crippen molar-refractivity contribution in [2.45, 2.75) is 45.3 Å². The molecule has 1 aliphatic heterocycles. The van der Waals surface area contributed by atoms with E-state index in [4.69, 9.17) is 4.74 Å². The molecule has 0 N–H and O–H groups in total. The van der Waals surface area contributed by atoms with Crippen LogP contribution in [0.15, 0.2) is 0 Å². The first-order chi connectivity index (χ1) is 8.33. The van der Waals surface area contributed by atoms with Gasteiger partial charge in [-0.1, -0.05) is 0 Å². The summed E-state index contributed by atoms with van der Waals surface area (Å²) in [4.78, 5) is 26.6. The Labute approximate surface area is 109 Å². The second-order valence-electron chi connectivity index (χ2n) is 5.83. The Balaban J connectivity index is 2.64. The van der Waals surface area contributed by atoms with E-state index in [9.17, 15) is 9.59 Å². The van der Waals surface area contributed by atoms with Crippen molar-refractivity contribution >= 4 is 12.4 Å². The zero-order valence-electron chi connectivity index (χ0n) is 11.8. The highest BCUT2D eigenvalue weighted by molar-refractivity contribution is 5.72. The third kappa shape index (κ3) is 4.64. The first-order valence-electron chi connectivity index (χ1n) is 6.45. The average molecular weight is 256 g/mol. The molecule has 0 aromatic rings. The standard InChI is InChI=1S/C13H24N2O3/c1-13(2,3)18-12(17)15(9-10-16)11-5-7-14(4)8-6-11/h10-11H,5-9H2,1-4H3. The van der Waals surface area contributed by atoms with Crippen LogP contribution in [0.5, 0.6) is 0 Å². The van der Waals surface area contributed by atoms with Crippen LogP contribution in [0.2, 0.25) is 0 Å². The van der Waals surface area contributed by atoms with E-state index in [-0.39, 0.29) is 18.7 Å². The van der Waals surface area contributed by atoms with Gasteiger partial charge >= 0.3 is 6.09 Å². The van der Waals surface area contributed by atoms with Crippen molar-refractivity contribution in [2.24, 2.45) is 0 Å². The fourth-order valence-electron chi connectivity index (χ4n) is 2.08. The van der Waals surface area contributed by atoms with E-state index in [1.54, 1.807) is 4.90 Å². The lowest BCUT2D eigenvalue weighted by atomic mass is 10.0. The van der Waals surface area contributed by atoms with Gasteiger partial charge in [0.15, 0.2) is 0 Å². The van der Waals surface area contributed by atoms with E-state index in [2.05, 4.69) is 11.9 Å². The SMILES string of the molecule is CN1CCC(N(CC=O)C(=O)OC(C)(C)C)CC1. The quantitative estimate of drug-likeness (QED) is 0.718. The molecule has 0 saturated carbocycles. The molecule has 5 heteroatoms. The Morgan fingerprint density at radius 2 is 1.94 bits per heavy atom. The summed E-state index contributed by atoms with van der Waals surface area (Å²) < 4.78 is 5.35. The van der Waals surface area contributed by atoms with Crippen LogP contribution in [0.1, 0.15) is 33.6 Å². The summed E-state index contributed by atoms with van der Waals surface area (Å²) in [5.41, 5.74) is -0.524. The average Bonchev–Trinajstić information content (AvgIpc) is 2.25. The highest BCUT2D eigenvalue weighted by Gasteiger charge is 2.29. The number of hydrogen-bond donors (Lipinski definition) is 0. The van der Waals surface area contributed by atoms with Gasteiger partial charge in [-0.2, -0.15) is 0 Å². The minimum Gasteiger partial charge on any atom is -0.444 e. The van der Waals surface area contributed by atoms with E-state index >= 15 is 0 Å². The van der Waals surface area contributed by atoms with Gasteiger partial charge in [0, 0.05) is 6.04 Å². The number of ether oxygens (including phenoxy) is 1. The summed E-state index contributed by atoms with van der Waals surface area (Å²) in [7, 11) is 2.06. The predicted molar refractivity (Wildman–Crippen MR) is 69.5 cm³/mol. The van der Waals surface area contributed by atoms with Crippen molar-refractivity contribution in [2.75, 3.05) is 26.7 Å². The molecule has 1 heterocycles. The second-order valence-corrected chi connectivity index (χ2v) is 5.83. The first-order valence-corrected chi connectivity index (χ1v) is 6.45. The maximum Gasteiger partial charge on any atom is 0.410 e. The normalized spacial score (nSPS) is 18.4. The number of carbonyl (C=O) groups excluding carboxylic acids is 2. The van der Waals surface area contributed by atoms with E-state index in [1.807, 2.05) is 20.8 Å². The monoisotopic (exact) mass is 256 g/mol. The molecule has 0 atom stereocenters. The lowest BCUT2D eigenvalue weighted by Crippen LogP contribution is -2.48. The summed E-state index contributed by atoms with van der Waals surface area (Å²) in [6.07, 6.45) is 2.17. The van der Waals surface area contributed by atoms with Crippen molar-refractivity contribution in [3.05, 3.63) is 0 Å². The Kier molecular flexibility index (Phi) is 5.14. The Hall–Kier alpha value is -1.10. The van der Waals surface area contributed by atoms with E-state index in [0.29, 0.717) is 0 Å². The molecule has 18 heavy (non-hydrogen) atoms. The predicted octanol–water partition coefficient (Wildman–Crippen LogP) is 1.52. The molecular formula is C13H24N2O3. The van der Waals surface area contributed by atoms with Crippen LogP contribution in [0.4, 0.5) is 4.79 Å². The Bertz CT molecular complexity index is 291. The molecule has 1 rings (SSSR count). The molecule has 0 radical (unpaired) electrons. The summed E-state index contributed by atoms with van der Waals surface area (Å²) in [5, 5.41) is 0. The molecular weight excluding hydrogens is 232 g/mol. The van der Waals surface area contributed by atoms with Crippen LogP contribution in [0.25, 0.3) is 0 Å². The fraction of sp³-hybridized carbons (Fsp3) is 0.846. The summed E-state index contributed by atoms with van der Waals surface area (Å²) in [6.45, 7) is 7.50. The van der Waals surface area contributed by atoms with E-state index in [0.717, 1.165) is 32.2 Å². The fourth-order valence-corrected chi connectivity index (χ4v) is 2.08. The molecule has 104 valence electrons. The smallest absolute Gasteiger partial charge is 0.410 e. The third-order valence-corrected chi connectivity index (χ3v) is 3.03. The minimum atomic E-state index is -0.524. The molecule has 0 aromatic carbocycles. The van der Waals surface area contributed by atoms with Gasteiger partial charge in [0.05, 0.1) is 6.54 Å². The number of hydrogen-bond acceptors (Lipinski definition) is 4. The van der Waals surface area contributed by atoms with Crippen molar-refractivity contribution in [1.29, 1.82) is 0 Å². The van der Waals surface area contributed by atoms with Crippen molar-refractivity contribution in [3.8, 4) is 0 Å². The number of piperidine rings is 1. The number of amides is 1. The Morgan fingerprint density at radius 1 is 1.39 bits per heavy atom. The van der Waals surface area contributed by atoms with Gasteiger partial charge in [-0.3, -0.25) is 4.90 Å². The van der Waals surface area contributed by atoms with Crippen molar-refractivity contribution in [1.82, 2.24) is 9.80 Å². The molecule has 0 spiro atoms. The topological polar surface area (TPSA) is 49.9 Å². The molecule has 0 bridgehead atoms. The molecule has 0 unspecified atom stereocenters. The van der Waals surface area contributed by atoms with Crippen LogP contribution >= 0.6 is 0 Å². The van der Waals surface area contributed by atoms with Gasteiger partial charge < -0.3 is 14.4 Å². The Morgan fingerprint density at radius 3 is 2.39 bits per heavy atom. The number of aldehydes is 1. The lowest BCUT2D eigenvalue weighted by Gasteiger charge is -2.37. The second kappa shape index (κ2) is 6.18. The van der Waals surface area contributed by atoms with Gasteiger partial charge in [0.1, 0.15) is 11.9 Å². The molecule has 1 aliphatic rings. The summed E-state index contributed by atoms with van der Waals surface area (Å²) >= 11 is 0. The zero-order valence-corrected chi connectivity index (χ0v) is 11.8. The van der Waals surface area contributed by atoms with Crippen LogP contribution in [-0.2, 0) is 9.53 Å². The largest absolute Gasteiger partial charge is 0.444 e. The molecule has 0 aliphatic carbocycles. The van der Waals surface area contributed by atoms with Crippen LogP contribution in [0, 0.1) is 0 Å². The number of nitrogens with zero attached hydrogens (tertiary/aromatic N) is 2.